The SMILES string of the molecule is CC(N)C1CCCN(C(=O)Cc2ccc(F)c(F)c2)C1. The van der Waals surface area contributed by atoms with Crippen LogP contribution in [0, 0.1) is 17.6 Å². The van der Waals surface area contributed by atoms with Crippen LogP contribution in [-0.4, -0.2) is 29.9 Å². The van der Waals surface area contributed by atoms with E-state index >= 15 is 0 Å². The fraction of sp³-hybridized carbons (Fsp3) is 0.533. The minimum absolute atomic E-state index is 0.0543. The molecule has 0 radical (unpaired) electrons. The average Bonchev–Trinajstić information content (AvgIpc) is 2.43. The summed E-state index contributed by atoms with van der Waals surface area (Å²) >= 11 is 0. The first-order valence-electron chi connectivity index (χ1n) is 6.94. The van der Waals surface area contributed by atoms with E-state index in [1.165, 1.54) is 6.07 Å². The molecular weight excluding hydrogens is 262 g/mol. The Hall–Kier alpha value is -1.49. The van der Waals surface area contributed by atoms with Gasteiger partial charge in [0.15, 0.2) is 11.6 Å². The number of hydrogen-bond donors (Lipinski definition) is 1. The van der Waals surface area contributed by atoms with Gasteiger partial charge in [0, 0.05) is 19.1 Å². The fourth-order valence-corrected chi connectivity index (χ4v) is 2.60. The zero-order valence-electron chi connectivity index (χ0n) is 11.6. The van der Waals surface area contributed by atoms with Crippen LogP contribution in [0.1, 0.15) is 25.3 Å². The summed E-state index contributed by atoms with van der Waals surface area (Å²) in [4.78, 5) is 14.0. The van der Waals surface area contributed by atoms with Crippen molar-refractivity contribution in [2.24, 2.45) is 11.7 Å². The van der Waals surface area contributed by atoms with Crippen LogP contribution in [0.5, 0.6) is 0 Å². The summed E-state index contributed by atoms with van der Waals surface area (Å²) in [6.07, 6.45) is 2.07. The van der Waals surface area contributed by atoms with E-state index in [1.807, 2.05) is 6.92 Å². The Morgan fingerprint density at radius 1 is 1.45 bits per heavy atom. The van der Waals surface area contributed by atoms with Gasteiger partial charge in [-0.25, -0.2) is 8.78 Å². The van der Waals surface area contributed by atoms with Gasteiger partial charge < -0.3 is 10.6 Å². The minimum atomic E-state index is -0.914. The minimum Gasteiger partial charge on any atom is -0.342 e. The molecule has 0 bridgehead atoms. The number of rotatable bonds is 3. The second kappa shape index (κ2) is 6.31. The molecule has 1 saturated heterocycles. The molecular formula is C15H20F2N2O. The van der Waals surface area contributed by atoms with Crippen LogP contribution >= 0.6 is 0 Å². The molecule has 0 aliphatic carbocycles. The van der Waals surface area contributed by atoms with Crippen LogP contribution in [-0.2, 0) is 11.2 Å². The lowest BCUT2D eigenvalue weighted by molar-refractivity contribution is -0.132. The molecule has 1 aliphatic heterocycles. The van der Waals surface area contributed by atoms with Crippen molar-refractivity contribution >= 4 is 5.91 Å². The molecule has 2 unspecified atom stereocenters. The molecule has 1 aromatic rings. The van der Waals surface area contributed by atoms with Crippen molar-refractivity contribution in [1.29, 1.82) is 0 Å². The van der Waals surface area contributed by atoms with Gasteiger partial charge in [0.2, 0.25) is 5.91 Å². The first-order chi connectivity index (χ1) is 9.47. The molecule has 5 heteroatoms. The highest BCUT2D eigenvalue weighted by atomic mass is 19.2. The molecule has 0 spiro atoms. The molecule has 0 aromatic heterocycles. The Kier molecular flexibility index (Phi) is 4.70. The van der Waals surface area contributed by atoms with E-state index < -0.39 is 11.6 Å². The number of carbonyl (C=O) groups excluding carboxylic acids is 1. The third-order valence-corrected chi connectivity index (χ3v) is 3.89. The number of likely N-dealkylation sites (tertiary alicyclic amines) is 1. The maximum absolute atomic E-state index is 13.1. The van der Waals surface area contributed by atoms with Crippen LogP contribution in [0.25, 0.3) is 0 Å². The predicted molar refractivity (Wildman–Crippen MR) is 73.0 cm³/mol. The van der Waals surface area contributed by atoms with Gasteiger partial charge in [-0.05, 0) is 43.4 Å². The fourth-order valence-electron chi connectivity index (χ4n) is 2.60. The Balaban J connectivity index is 1.98. The van der Waals surface area contributed by atoms with Crippen molar-refractivity contribution in [3.63, 3.8) is 0 Å². The molecule has 1 heterocycles. The highest BCUT2D eigenvalue weighted by Gasteiger charge is 2.25. The Morgan fingerprint density at radius 2 is 2.20 bits per heavy atom. The van der Waals surface area contributed by atoms with Crippen LogP contribution in [0.15, 0.2) is 18.2 Å². The predicted octanol–water partition coefficient (Wildman–Crippen LogP) is 2.09. The Bertz CT molecular complexity index is 491. The number of halogens is 2. The molecule has 20 heavy (non-hydrogen) atoms. The van der Waals surface area contributed by atoms with Gasteiger partial charge in [0.05, 0.1) is 6.42 Å². The van der Waals surface area contributed by atoms with Gasteiger partial charge in [-0.15, -0.1) is 0 Å². The molecule has 110 valence electrons. The topological polar surface area (TPSA) is 46.3 Å². The molecule has 2 N–H and O–H groups in total. The summed E-state index contributed by atoms with van der Waals surface area (Å²) in [5, 5.41) is 0. The van der Waals surface area contributed by atoms with Crippen molar-refractivity contribution in [3.8, 4) is 0 Å². The van der Waals surface area contributed by atoms with Gasteiger partial charge in [-0.1, -0.05) is 6.07 Å². The highest BCUT2D eigenvalue weighted by Crippen LogP contribution is 2.20. The Morgan fingerprint density at radius 3 is 2.85 bits per heavy atom. The smallest absolute Gasteiger partial charge is 0.227 e. The lowest BCUT2D eigenvalue weighted by atomic mass is 9.92. The molecule has 3 nitrogen and oxygen atoms in total. The number of piperidine rings is 1. The van der Waals surface area contributed by atoms with Crippen molar-refractivity contribution in [3.05, 3.63) is 35.4 Å². The van der Waals surface area contributed by atoms with Crippen LogP contribution in [0.3, 0.4) is 0 Å². The van der Waals surface area contributed by atoms with Gasteiger partial charge in [0.1, 0.15) is 0 Å². The van der Waals surface area contributed by atoms with E-state index in [4.69, 9.17) is 5.73 Å². The summed E-state index contributed by atoms with van der Waals surface area (Å²) in [5.41, 5.74) is 6.39. The maximum Gasteiger partial charge on any atom is 0.227 e. The number of carbonyl (C=O) groups is 1. The van der Waals surface area contributed by atoms with Crippen molar-refractivity contribution in [2.45, 2.75) is 32.2 Å². The van der Waals surface area contributed by atoms with Gasteiger partial charge in [-0.2, -0.15) is 0 Å². The normalized spacial score (nSPS) is 20.8. The lowest BCUT2D eigenvalue weighted by Crippen LogP contribution is -2.45. The molecule has 1 aliphatic rings. The quantitative estimate of drug-likeness (QED) is 0.922. The zero-order chi connectivity index (χ0) is 14.7. The van der Waals surface area contributed by atoms with E-state index in [-0.39, 0.29) is 18.4 Å². The summed E-state index contributed by atoms with van der Waals surface area (Å²) in [5.74, 6) is -1.54. The van der Waals surface area contributed by atoms with Crippen molar-refractivity contribution < 1.29 is 13.6 Å². The third kappa shape index (κ3) is 3.54. The summed E-state index contributed by atoms with van der Waals surface area (Å²) in [6, 6.07) is 3.65. The number of amides is 1. The number of nitrogens with two attached hydrogens (primary N) is 1. The first kappa shape index (κ1) is 14.9. The molecule has 1 amide bonds. The second-order valence-electron chi connectivity index (χ2n) is 5.53. The van der Waals surface area contributed by atoms with Gasteiger partial charge >= 0.3 is 0 Å². The third-order valence-electron chi connectivity index (χ3n) is 3.89. The zero-order valence-corrected chi connectivity index (χ0v) is 11.6. The van der Waals surface area contributed by atoms with E-state index in [1.54, 1.807) is 4.90 Å². The van der Waals surface area contributed by atoms with Crippen LogP contribution in [0.2, 0.25) is 0 Å². The second-order valence-corrected chi connectivity index (χ2v) is 5.53. The van der Waals surface area contributed by atoms with Gasteiger partial charge in [-0.3, -0.25) is 4.79 Å². The number of benzene rings is 1. The highest BCUT2D eigenvalue weighted by molar-refractivity contribution is 5.78. The van der Waals surface area contributed by atoms with E-state index in [0.717, 1.165) is 25.0 Å². The van der Waals surface area contributed by atoms with Crippen molar-refractivity contribution in [1.82, 2.24) is 4.90 Å². The molecule has 2 rings (SSSR count). The van der Waals surface area contributed by atoms with Crippen LogP contribution in [0.4, 0.5) is 8.78 Å². The Labute approximate surface area is 117 Å². The summed E-state index contributed by atoms with van der Waals surface area (Å²) in [6.45, 7) is 3.32. The van der Waals surface area contributed by atoms with Crippen molar-refractivity contribution in [2.75, 3.05) is 13.1 Å². The van der Waals surface area contributed by atoms with E-state index in [9.17, 15) is 13.6 Å². The molecule has 1 fully saturated rings. The standard InChI is InChI=1S/C15H20F2N2O/c1-10(18)12-3-2-6-19(9-12)15(20)8-11-4-5-13(16)14(17)7-11/h4-5,7,10,12H,2-3,6,8-9,18H2,1H3. The maximum atomic E-state index is 13.1. The van der Waals surface area contributed by atoms with E-state index in [0.29, 0.717) is 24.6 Å². The monoisotopic (exact) mass is 282 g/mol. The largest absolute Gasteiger partial charge is 0.342 e. The summed E-state index contributed by atoms with van der Waals surface area (Å²) < 4.78 is 26.0. The lowest BCUT2D eigenvalue weighted by Gasteiger charge is -2.34. The van der Waals surface area contributed by atoms with E-state index in [2.05, 4.69) is 0 Å². The van der Waals surface area contributed by atoms with Crippen LogP contribution < -0.4 is 5.73 Å². The number of nitrogens with zero attached hydrogens (tertiary/aromatic N) is 1. The summed E-state index contributed by atoms with van der Waals surface area (Å²) in [7, 11) is 0. The molecule has 1 aromatic carbocycles. The van der Waals surface area contributed by atoms with Gasteiger partial charge in [0.25, 0.3) is 0 Å². The number of hydrogen-bond acceptors (Lipinski definition) is 2. The molecule has 0 saturated carbocycles. The molecule has 2 atom stereocenters. The average molecular weight is 282 g/mol. The first-order valence-corrected chi connectivity index (χ1v) is 6.94.